The van der Waals surface area contributed by atoms with Crippen molar-refractivity contribution in [3.8, 4) is 5.75 Å². The van der Waals surface area contributed by atoms with E-state index in [1.165, 1.54) is 23.9 Å². The quantitative estimate of drug-likeness (QED) is 0.301. The molecular formula is C23H31N5O5. The number of methoxy groups -OCH3 is 1. The number of nitrogens with two attached hydrogens (primary N) is 1. The molecule has 6 N–H and O–H groups in total. The SMILES string of the molecule is C=Cc1c(C(=O)Nc2ccc(OC)c(C(=O)NCCCN)c2)nn(CC(O)CO)c1/C=C\C. The Morgan fingerprint density at radius 2 is 2.12 bits per heavy atom. The van der Waals surface area contributed by atoms with Gasteiger partial charge in [0.15, 0.2) is 5.69 Å². The zero-order valence-electron chi connectivity index (χ0n) is 18.9. The summed E-state index contributed by atoms with van der Waals surface area (Å²) in [5, 5.41) is 28.8. The Kier molecular flexibility index (Phi) is 9.80. The summed E-state index contributed by atoms with van der Waals surface area (Å²) in [6.07, 6.45) is 4.61. The van der Waals surface area contributed by atoms with Crippen molar-refractivity contribution in [3.63, 3.8) is 0 Å². The van der Waals surface area contributed by atoms with Crippen LogP contribution in [0, 0.1) is 0 Å². The topological polar surface area (TPSA) is 152 Å². The third kappa shape index (κ3) is 6.51. The lowest BCUT2D eigenvalue weighted by molar-refractivity contribution is 0.0778. The van der Waals surface area contributed by atoms with Crippen LogP contribution in [0.15, 0.2) is 30.9 Å². The number of allylic oxidation sites excluding steroid dienone is 1. The van der Waals surface area contributed by atoms with Crippen LogP contribution >= 0.6 is 0 Å². The van der Waals surface area contributed by atoms with Crippen molar-refractivity contribution in [3.05, 3.63) is 53.4 Å². The lowest BCUT2D eigenvalue weighted by Crippen LogP contribution is -2.26. The molecule has 178 valence electrons. The first-order chi connectivity index (χ1) is 15.9. The van der Waals surface area contributed by atoms with Crippen LogP contribution in [0.5, 0.6) is 5.75 Å². The van der Waals surface area contributed by atoms with Gasteiger partial charge in [0.1, 0.15) is 5.75 Å². The Labute approximate surface area is 192 Å². The lowest BCUT2D eigenvalue weighted by atomic mass is 10.1. The molecule has 2 rings (SSSR count). The van der Waals surface area contributed by atoms with Crippen LogP contribution in [-0.2, 0) is 6.54 Å². The molecule has 2 amide bonds. The van der Waals surface area contributed by atoms with Gasteiger partial charge in [0.2, 0.25) is 0 Å². The van der Waals surface area contributed by atoms with Crippen molar-refractivity contribution in [1.82, 2.24) is 15.1 Å². The number of nitrogens with one attached hydrogen (secondary N) is 2. The fourth-order valence-corrected chi connectivity index (χ4v) is 3.14. The Hall–Kier alpha value is -3.47. The van der Waals surface area contributed by atoms with Gasteiger partial charge in [-0.2, -0.15) is 5.10 Å². The highest BCUT2D eigenvalue weighted by atomic mass is 16.5. The molecule has 0 spiro atoms. The van der Waals surface area contributed by atoms with Crippen molar-refractivity contribution in [1.29, 1.82) is 0 Å². The minimum absolute atomic E-state index is 0.0000510. The van der Waals surface area contributed by atoms with Gasteiger partial charge in [-0.15, -0.1) is 0 Å². The van der Waals surface area contributed by atoms with E-state index >= 15 is 0 Å². The summed E-state index contributed by atoms with van der Waals surface area (Å²) in [4.78, 5) is 25.6. The summed E-state index contributed by atoms with van der Waals surface area (Å²) < 4.78 is 6.71. The molecule has 33 heavy (non-hydrogen) atoms. The van der Waals surface area contributed by atoms with Gasteiger partial charge in [0, 0.05) is 17.8 Å². The van der Waals surface area contributed by atoms with Crippen LogP contribution in [0.25, 0.3) is 12.2 Å². The number of benzene rings is 1. The first-order valence-corrected chi connectivity index (χ1v) is 10.5. The van der Waals surface area contributed by atoms with E-state index in [9.17, 15) is 19.8 Å². The molecule has 0 aliphatic heterocycles. The van der Waals surface area contributed by atoms with E-state index in [2.05, 4.69) is 22.3 Å². The van der Waals surface area contributed by atoms with Gasteiger partial charge in [-0.05, 0) is 44.2 Å². The van der Waals surface area contributed by atoms with E-state index in [4.69, 9.17) is 10.5 Å². The zero-order chi connectivity index (χ0) is 24.4. The summed E-state index contributed by atoms with van der Waals surface area (Å²) in [6, 6.07) is 4.71. The fourth-order valence-electron chi connectivity index (χ4n) is 3.14. The fraction of sp³-hybridized carbons (Fsp3) is 0.348. The number of aliphatic hydroxyl groups is 2. The van der Waals surface area contributed by atoms with E-state index in [0.29, 0.717) is 42.2 Å². The number of carbonyl (C=O) groups excluding carboxylic acids is 2. The molecule has 1 aromatic heterocycles. The van der Waals surface area contributed by atoms with Crippen molar-refractivity contribution in [2.45, 2.75) is 26.0 Å². The van der Waals surface area contributed by atoms with Gasteiger partial charge >= 0.3 is 0 Å². The molecular weight excluding hydrogens is 426 g/mol. The van der Waals surface area contributed by atoms with Gasteiger partial charge < -0.3 is 31.3 Å². The molecule has 0 radical (unpaired) electrons. The molecule has 2 aromatic rings. The van der Waals surface area contributed by atoms with Crippen LogP contribution in [0.2, 0.25) is 0 Å². The molecule has 10 heteroatoms. The zero-order valence-corrected chi connectivity index (χ0v) is 18.9. The van der Waals surface area contributed by atoms with Crippen LogP contribution < -0.4 is 21.1 Å². The Morgan fingerprint density at radius 3 is 2.73 bits per heavy atom. The number of amides is 2. The summed E-state index contributed by atoms with van der Waals surface area (Å²) >= 11 is 0. The average Bonchev–Trinajstić information content (AvgIpc) is 3.16. The molecule has 1 unspecified atom stereocenters. The smallest absolute Gasteiger partial charge is 0.276 e. The number of aromatic nitrogens is 2. The standard InChI is InChI=1S/C23H31N5O5/c1-4-7-19-17(5-2)21(27-28(19)13-16(30)14-29)23(32)26-15-8-9-20(33-3)18(12-15)22(31)25-11-6-10-24/h4-5,7-9,12,16,29-30H,2,6,10-11,13-14,24H2,1,3H3,(H,25,31)(H,26,32)/b7-4-. The van der Waals surface area contributed by atoms with Crippen LogP contribution in [0.1, 0.15) is 45.4 Å². The summed E-state index contributed by atoms with van der Waals surface area (Å²) in [5.74, 6) is -0.504. The second kappa shape index (κ2) is 12.5. The number of aliphatic hydroxyl groups excluding tert-OH is 2. The van der Waals surface area contributed by atoms with Gasteiger partial charge in [0.05, 0.1) is 37.6 Å². The molecule has 0 saturated heterocycles. The maximum absolute atomic E-state index is 13.0. The molecule has 1 atom stereocenters. The molecule has 1 heterocycles. The van der Waals surface area contributed by atoms with Crippen molar-refractivity contribution >= 4 is 29.7 Å². The molecule has 10 nitrogen and oxygen atoms in total. The average molecular weight is 458 g/mol. The Balaban J connectivity index is 2.35. The van der Waals surface area contributed by atoms with Gasteiger partial charge in [-0.3, -0.25) is 14.3 Å². The summed E-state index contributed by atoms with van der Waals surface area (Å²) in [6.45, 7) is 6.02. The van der Waals surface area contributed by atoms with Crippen molar-refractivity contribution in [2.24, 2.45) is 5.73 Å². The highest BCUT2D eigenvalue weighted by Crippen LogP contribution is 2.24. The predicted octanol–water partition coefficient (Wildman–Crippen LogP) is 1.25. The minimum atomic E-state index is -1.04. The highest BCUT2D eigenvalue weighted by molar-refractivity contribution is 6.07. The molecule has 0 aliphatic rings. The van der Waals surface area contributed by atoms with E-state index in [1.54, 1.807) is 24.3 Å². The second-order valence-electron chi connectivity index (χ2n) is 7.14. The molecule has 0 aliphatic carbocycles. The van der Waals surface area contributed by atoms with E-state index in [0.717, 1.165) is 0 Å². The summed E-state index contributed by atoms with van der Waals surface area (Å²) in [5.41, 5.74) is 7.24. The van der Waals surface area contributed by atoms with Crippen LogP contribution in [0.4, 0.5) is 5.69 Å². The molecule has 1 aromatic carbocycles. The Bertz CT molecular complexity index is 1010. The molecule has 0 bridgehead atoms. The van der Waals surface area contributed by atoms with Gasteiger partial charge in [0.25, 0.3) is 11.8 Å². The first kappa shape index (κ1) is 25.8. The number of nitrogens with zero attached hydrogens (tertiary/aromatic N) is 2. The van der Waals surface area contributed by atoms with Crippen LogP contribution in [-0.4, -0.2) is 64.7 Å². The maximum Gasteiger partial charge on any atom is 0.276 e. The van der Waals surface area contributed by atoms with E-state index in [1.807, 2.05) is 6.92 Å². The predicted molar refractivity (Wildman–Crippen MR) is 127 cm³/mol. The largest absolute Gasteiger partial charge is 0.496 e. The minimum Gasteiger partial charge on any atom is -0.496 e. The number of ether oxygens (including phenoxy) is 1. The van der Waals surface area contributed by atoms with E-state index in [-0.39, 0.29) is 23.7 Å². The maximum atomic E-state index is 13.0. The first-order valence-electron chi connectivity index (χ1n) is 10.5. The van der Waals surface area contributed by atoms with Crippen molar-refractivity contribution < 1.29 is 24.5 Å². The third-order valence-electron chi connectivity index (χ3n) is 4.74. The number of anilines is 1. The van der Waals surface area contributed by atoms with Gasteiger partial charge in [-0.1, -0.05) is 18.7 Å². The van der Waals surface area contributed by atoms with Crippen molar-refractivity contribution in [2.75, 3.05) is 32.1 Å². The van der Waals surface area contributed by atoms with E-state index < -0.39 is 18.6 Å². The molecule has 0 fully saturated rings. The second-order valence-corrected chi connectivity index (χ2v) is 7.14. The third-order valence-corrected chi connectivity index (χ3v) is 4.74. The normalized spacial score (nSPS) is 11.9. The monoisotopic (exact) mass is 457 g/mol. The number of hydrogen-bond donors (Lipinski definition) is 5. The number of carbonyl (C=O) groups is 2. The number of hydrogen-bond acceptors (Lipinski definition) is 7. The highest BCUT2D eigenvalue weighted by Gasteiger charge is 2.22. The van der Waals surface area contributed by atoms with Crippen LogP contribution in [0.3, 0.4) is 0 Å². The lowest BCUT2D eigenvalue weighted by Gasteiger charge is -2.12. The molecule has 0 saturated carbocycles. The van der Waals surface area contributed by atoms with Gasteiger partial charge in [-0.25, -0.2) is 0 Å². The Morgan fingerprint density at radius 1 is 1.36 bits per heavy atom. The number of rotatable bonds is 12. The summed E-state index contributed by atoms with van der Waals surface area (Å²) in [7, 11) is 1.46.